The second-order valence-electron chi connectivity index (χ2n) is 4.38. The van der Waals surface area contributed by atoms with E-state index in [0.29, 0.717) is 10.7 Å². The van der Waals surface area contributed by atoms with Crippen molar-refractivity contribution in [1.29, 1.82) is 0 Å². The van der Waals surface area contributed by atoms with Crippen molar-refractivity contribution in [3.05, 3.63) is 58.6 Å². The fourth-order valence-corrected chi connectivity index (χ4v) is 3.20. The lowest BCUT2D eigenvalue weighted by atomic mass is 10.1. The SMILES string of the molecule is Cc1ccc(NS(=O)(=O)c2cccc(Cl)c2)c(C)c1. The molecule has 2 aromatic carbocycles. The summed E-state index contributed by atoms with van der Waals surface area (Å²) < 4.78 is 27.0. The maximum absolute atomic E-state index is 12.2. The van der Waals surface area contributed by atoms with E-state index in [2.05, 4.69) is 4.72 Å². The van der Waals surface area contributed by atoms with Gasteiger partial charge in [-0.3, -0.25) is 4.72 Å². The lowest BCUT2D eigenvalue weighted by Gasteiger charge is -2.11. The molecule has 0 heterocycles. The summed E-state index contributed by atoms with van der Waals surface area (Å²) in [6, 6.07) is 11.7. The Morgan fingerprint density at radius 2 is 1.79 bits per heavy atom. The third kappa shape index (κ3) is 3.28. The molecule has 2 rings (SSSR count). The minimum atomic E-state index is -3.61. The molecule has 0 atom stereocenters. The third-order valence-corrected chi connectivity index (χ3v) is 4.33. The summed E-state index contributed by atoms with van der Waals surface area (Å²) in [6.45, 7) is 3.82. The van der Waals surface area contributed by atoms with E-state index in [-0.39, 0.29) is 4.90 Å². The van der Waals surface area contributed by atoms with E-state index in [1.165, 1.54) is 12.1 Å². The zero-order valence-corrected chi connectivity index (χ0v) is 12.2. The average molecular weight is 296 g/mol. The normalized spacial score (nSPS) is 11.3. The highest BCUT2D eigenvalue weighted by atomic mass is 35.5. The van der Waals surface area contributed by atoms with Crippen LogP contribution in [-0.2, 0) is 10.0 Å². The van der Waals surface area contributed by atoms with Crippen LogP contribution in [0.25, 0.3) is 0 Å². The van der Waals surface area contributed by atoms with Gasteiger partial charge in [-0.25, -0.2) is 8.42 Å². The summed E-state index contributed by atoms with van der Waals surface area (Å²) in [5, 5.41) is 0.392. The van der Waals surface area contributed by atoms with Crippen LogP contribution in [0.4, 0.5) is 5.69 Å². The monoisotopic (exact) mass is 295 g/mol. The van der Waals surface area contributed by atoms with E-state index in [1.54, 1.807) is 18.2 Å². The molecule has 0 aliphatic heterocycles. The number of aryl methyl sites for hydroxylation is 2. The largest absolute Gasteiger partial charge is 0.279 e. The topological polar surface area (TPSA) is 46.2 Å². The molecule has 0 bridgehead atoms. The number of rotatable bonds is 3. The Bertz CT molecular complexity index is 711. The van der Waals surface area contributed by atoms with Crippen molar-refractivity contribution in [1.82, 2.24) is 0 Å². The molecule has 2 aromatic rings. The van der Waals surface area contributed by atoms with E-state index in [0.717, 1.165) is 11.1 Å². The van der Waals surface area contributed by atoms with Crippen LogP contribution in [0, 0.1) is 13.8 Å². The predicted octanol–water partition coefficient (Wildman–Crippen LogP) is 3.76. The predicted molar refractivity (Wildman–Crippen MR) is 78.2 cm³/mol. The number of nitrogens with one attached hydrogen (secondary N) is 1. The molecule has 19 heavy (non-hydrogen) atoms. The molecule has 3 nitrogen and oxygen atoms in total. The van der Waals surface area contributed by atoms with Crippen LogP contribution in [0.5, 0.6) is 0 Å². The van der Waals surface area contributed by atoms with Crippen molar-refractivity contribution in [2.45, 2.75) is 18.7 Å². The summed E-state index contributed by atoms with van der Waals surface area (Å²) in [4.78, 5) is 0.153. The van der Waals surface area contributed by atoms with Gasteiger partial charge in [-0.1, -0.05) is 35.4 Å². The molecule has 0 aromatic heterocycles. The molecule has 100 valence electrons. The minimum absolute atomic E-state index is 0.153. The maximum Gasteiger partial charge on any atom is 0.261 e. The molecule has 0 fully saturated rings. The number of hydrogen-bond donors (Lipinski definition) is 1. The highest BCUT2D eigenvalue weighted by molar-refractivity contribution is 7.92. The molecule has 0 radical (unpaired) electrons. The van der Waals surface area contributed by atoms with E-state index >= 15 is 0 Å². The van der Waals surface area contributed by atoms with Crippen LogP contribution >= 0.6 is 11.6 Å². The van der Waals surface area contributed by atoms with Gasteiger partial charge in [0.05, 0.1) is 10.6 Å². The molecule has 0 spiro atoms. The van der Waals surface area contributed by atoms with Crippen LogP contribution in [0.3, 0.4) is 0 Å². The van der Waals surface area contributed by atoms with E-state index in [4.69, 9.17) is 11.6 Å². The molecule has 0 saturated carbocycles. The van der Waals surface area contributed by atoms with E-state index in [9.17, 15) is 8.42 Å². The molecule has 0 aliphatic carbocycles. The summed E-state index contributed by atoms with van der Waals surface area (Å²) in [7, 11) is -3.61. The molecular formula is C14H14ClNO2S. The van der Waals surface area contributed by atoms with Gasteiger partial charge in [-0.05, 0) is 43.7 Å². The smallest absolute Gasteiger partial charge is 0.261 e. The molecule has 0 unspecified atom stereocenters. The van der Waals surface area contributed by atoms with Gasteiger partial charge in [-0.2, -0.15) is 0 Å². The van der Waals surface area contributed by atoms with E-state index in [1.807, 2.05) is 26.0 Å². The van der Waals surface area contributed by atoms with Gasteiger partial charge in [0, 0.05) is 5.02 Å². The number of sulfonamides is 1. The van der Waals surface area contributed by atoms with Crippen molar-refractivity contribution in [3.8, 4) is 0 Å². The Kier molecular flexibility index (Phi) is 3.83. The fraction of sp³-hybridized carbons (Fsp3) is 0.143. The second kappa shape index (κ2) is 5.23. The first kappa shape index (κ1) is 13.9. The number of anilines is 1. The van der Waals surface area contributed by atoms with Crippen molar-refractivity contribution < 1.29 is 8.42 Å². The quantitative estimate of drug-likeness (QED) is 0.937. The van der Waals surface area contributed by atoms with Crippen molar-refractivity contribution >= 4 is 27.3 Å². The molecule has 0 saturated heterocycles. The number of halogens is 1. The summed E-state index contributed by atoms with van der Waals surface area (Å²) in [5.41, 5.74) is 2.54. The number of hydrogen-bond acceptors (Lipinski definition) is 2. The van der Waals surface area contributed by atoms with Gasteiger partial charge in [0.25, 0.3) is 10.0 Å². The molecule has 0 amide bonds. The van der Waals surface area contributed by atoms with Crippen molar-refractivity contribution in [2.75, 3.05) is 4.72 Å². The average Bonchev–Trinajstić information content (AvgIpc) is 2.33. The Labute approximate surface area is 118 Å². The van der Waals surface area contributed by atoms with Crippen LogP contribution < -0.4 is 4.72 Å². The van der Waals surface area contributed by atoms with Gasteiger partial charge >= 0.3 is 0 Å². The highest BCUT2D eigenvalue weighted by Gasteiger charge is 2.15. The maximum atomic E-state index is 12.2. The highest BCUT2D eigenvalue weighted by Crippen LogP contribution is 2.22. The lowest BCUT2D eigenvalue weighted by Crippen LogP contribution is -2.13. The Hall–Kier alpha value is -1.52. The first-order valence-corrected chi connectivity index (χ1v) is 7.60. The van der Waals surface area contributed by atoms with Gasteiger partial charge < -0.3 is 0 Å². The van der Waals surface area contributed by atoms with Gasteiger partial charge in [0.2, 0.25) is 0 Å². The Morgan fingerprint density at radius 1 is 1.05 bits per heavy atom. The Balaban J connectivity index is 2.36. The summed E-state index contributed by atoms with van der Waals surface area (Å²) in [6.07, 6.45) is 0. The third-order valence-electron chi connectivity index (χ3n) is 2.73. The van der Waals surface area contributed by atoms with Gasteiger partial charge in [0.15, 0.2) is 0 Å². The van der Waals surface area contributed by atoms with Gasteiger partial charge in [-0.15, -0.1) is 0 Å². The van der Waals surface area contributed by atoms with Gasteiger partial charge in [0.1, 0.15) is 0 Å². The first-order chi connectivity index (χ1) is 8.88. The van der Waals surface area contributed by atoms with Crippen LogP contribution in [0.15, 0.2) is 47.4 Å². The zero-order chi connectivity index (χ0) is 14.0. The van der Waals surface area contributed by atoms with Crippen LogP contribution in [0.1, 0.15) is 11.1 Å². The fourth-order valence-electron chi connectivity index (χ4n) is 1.77. The van der Waals surface area contributed by atoms with Crippen LogP contribution in [-0.4, -0.2) is 8.42 Å². The molecule has 1 N–H and O–H groups in total. The standard InChI is InChI=1S/C14H14ClNO2S/c1-10-6-7-14(11(2)8-10)16-19(17,18)13-5-3-4-12(15)9-13/h3-9,16H,1-2H3. The molecular weight excluding hydrogens is 282 g/mol. The molecule has 5 heteroatoms. The Morgan fingerprint density at radius 3 is 2.42 bits per heavy atom. The minimum Gasteiger partial charge on any atom is -0.279 e. The van der Waals surface area contributed by atoms with Crippen molar-refractivity contribution in [3.63, 3.8) is 0 Å². The second-order valence-corrected chi connectivity index (χ2v) is 6.50. The first-order valence-electron chi connectivity index (χ1n) is 5.74. The van der Waals surface area contributed by atoms with Crippen molar-refractivity contribution in [2.24, 2.45) is 0 Å². The summed E-state index contributed by atoms with van der Waals surface area (Å²) >= 11 is 5.81. The number of benzene rings is 2. The molecule has 0 aliphatic rings. The summed E-state index contributed by atoms with van der Waals surface area (Å²) in [5.74, 6) is 0. The lowest BCUT2D eigenvalue weighted by molar-refractivity contribution is 0.601. The zero-order valence-electron chi connectivity index (χ0n) is 10.6. The van der Waals surface area contributed by atoms with E-state index < -0.39 is 10.0 Å². The van der Waals surface area contributed by atoms with Crippen LogP contribution in [0.2, 0.25) is 5.02 Å².